The van der Waals surface area contributed by atoms with Crippen LogP contribution in [-0.4, -0.2) is 20.5 Å². The molecule has 6 heteroatoms. The Morgan fingerprint density at radius 1 is 1.14 bits per heavy atom. The van der Waals surface area contributed by atoms with E-state index in [-0.39, 0.29) is 20.5 Å². The zero-order chi connectivity index (χ0) is 14.2. The summed E-state index contributed by atoms with van der Waals surface area (Å²) in [4.78, 5) is 12.4. The van der Waals surface area contributed by atoms with Gasteiger partial charge >= 0.3 is 127 Å². The van der Waals surface area contributed by atoms with E-state index >= 15 is 0 Å². The molecule has 0 radical (unpaired) electrons. The normalized spacial score (nSPS) is 14.5. The van der Waals surface area contributed by atoms with E-state index in [1.54, 1.807) is 0 Å². The van der Waals surface area contributed by atoms with Crippen molar-refractivity contribution in [3.05, 3.63) is 53.1 Å². The number of nitrogens with zero attached hydrogens (tertiary/aromatic N) is 2. The van der Waals surface area contributed by atoms with Gasteiger partial charge in [0.15, 0.2) is 0 Å². The molecular weight excluding hydrogens is 331 g/mol. The number of anilines is 1. The zero-order valence-corrected chi connectivity index (χ0v) is 12.8. The van der Waals surface area contributed by atoms with Gasteiger partial charge in [0, 0.05) is 0 Å². The number of amides is 1. The average Bonchev–Trinajstić information content (AvgIpc) is 3.15. The Balaban J connectivity index is 1.62. The molecule has 104 valence electrons. The number of rotatable bonds is 2. The van der Waals surface area contributed by atoms with Crippen molar-refractivity contribution < 1.29 is 4.79 Å². The fourth-order valence-corrected chi connectivity index (χ4v) is 3.69. The van der Waals surface area contributed by atoms with Gasteiger partial charge in [-0.15, -0.1) is 0 Å². The summed E-state index contributed by atoms with van der Waals surface area (Å²) in [5, 5.41) is 6.23. The predicted molar refractivity (Wildman–Crippen MR) is 81.3 cm³/mol. The van der Waals surface area contributed by atoms with E-state index in [2.05, 4.69) is 18.6 Å². The van der Waals surface area contributed by atoms with Crippen molar-refractivity contribution in [2.24, 2.45) is 7.92 Å². The standard InChI is InChI=1S/C15H12N4OSe/c20-15(9-4-5-10-7-16-8-11(10)6-9)17-12-2-1-3-13-14(12)19-21-18-13/h1-6,16H,7-8H2,(H,17,20). The van der Waals surface area contributed by atoms with E-state index in [1.165, 1.54) is 11.1 Å². The number of carbonyl (C=O) groups is 1. The summed E-state index contributed by atoms with van der Waals surface area (Å²) < 4.78 is 8.70. The van der Waals surface area contributed by atoms with Crippen molar-refractivity contribution in [3.8, 4) is 0 Å². The molecule has 2 aliphatic rings. The van der Waals surface area contributed by atoms with Crippen molar-refractivity contribution in [1.82, 2.24) is 5.32 Å². The van der Waals surface area contributed by atoms with Crippen LogP contribution in [0.4, 0.5) is 17.1 Å². The van der Waals surface area contributed by atoms with Gasteiger partial charge in [0.25, 0.3) is 0 Å². The Hall–Kier alpha value is -2.01. The molecule has 2 N–H and O–H groups in total. The average molecular weight is 343 g/mol. The molecule has 2 aromatic rings. The van der Waals surface area contributed by atoms with E-state index in [9.17, 15) is 4.79 Å². The second-order valence-corrected chi connectivity index (χ2v) is 6.09. The summed E-state index contributed by atoms with van der Waals surface area (Å²) in [5.41, 5.74) is 5.54. The topological polar surface area (TPSA) is 65.8 Å². The van der Waals surface area contributed by atoms with Crippen LogP contribution in [0.1, 0.15) is 21.5 Å². The molecular formula is C15H12N4OSe. The quantitative estimate of drug-likeness (QED) is 0.703. The molecule has 0 saturated carbocycles. The summed E-state index contributed by atoms with van der Waals surface area (Å²) in [5.74, 6) is -0.104. The van der Waals surface area contributed by atoms with Gasteiger partial charge in [0.2, 0.25) is 0 Å². The van der Waals surface area contributed by atoms with Crippen LogP contribution in [-0.2, 0) is 13.1 Å². The Bertz CT molecular complexity index is 824. The van der Waals surface area contributed by atoms with Crippen molar-refractivity contribution in [2.75, 3.05) is 5.32 Å². The first kappa shape index (κ1) is 12.7. The molecule has 4 rings (SSSR count). The summed E-state index contributed by atoms with van der Waals surface area (Å²) >= 11 is -0.0948. The Labute approximate surface area is 127 Å². The SMILES string of the molecule is O=C(Nc1cccc2c1N=[Se]=N2)c1ccc2c(c1)CNC2. The molecule has 0 unspecified atom stereocenters. The summed E-state index contributed by atoms with van der Waals surface area (Å²) in [6.07, 6.45) is 0. The van der Waals surface area contributed by atoms with Gasteiger partial charge in [-0.2, -0.15) is 0 Å². The van der Waals surface area contributed by atoms with Crippen LogP contribution in [0.5, 0.6) is 0 Å². The van der Waals surface area contributed by atoms with Crippen LogP contribution in [0.3, 0.4) is 0 Å². The first-order valence-corrected chi connectivity index (χ1v) is 8.19. The van der Waals surface area contributed by atoms with Crippen LogP contribution >= 0.6 is 0 Å². The maximum absolute atomic E-state index is 12.4. The summed E-state index contributed by atoms with van der Waals surface area (Å²) in [6.45, 7) is 1.71. The van der Waals surface area contributed by atoms with E-state index in [0.717, 1.165) is 30.2 Å². The molecule has 2 heterocycles. The molecule has 0 aromatic heterocycles. The number of fused-ring (bicyclic) bond motifs is 2. The molecule has 0 fully saturated rings. The zero-order valence-electron chi connectivity index (χ0n) is 11.1. The monoisotopic (exact) mass is 344 g/mol. The van der Waals surface area contributed by atoms with Gasteiger partial charge in [-0.05, 0) is 0 Å². The molecule has 0 bridgehead atoms. The number of hydrogen-bond donors (Lipinski definition) is 2. The number of hydrogen-bond acceptors (Lipinski definition) is 4. The summed E-state index contributed by atoms with van der Waals surface area (Å²) in [6, 6.07) is 11.5. The third-order valence-corrected chi connectivity index (χ3v) is 4.77. The van der Waals surface area contributed by atoms with Gasteiger partial charge in [-0.1, -0.05) is 0 Å². The molecule has 0 atom stereocenters. The van der Waals surface area contributed by atoms with Crippen molar-refractivity contribution in [3.63, 3.8) is 0 Å². The number of benzene rings is 2. The van der Waals surface area contributed by atoms with Crippen LogP contribution in [0.25, 0.3) is 0 Å². The van der Waals surface area contributed by atoms with Crippen molar-refractivity contribution in [1.29, 1.82) is 0 Å². The fourth-order valence-electron chi connectivity index (χ4n) is 2.54. The van der Waals surface area contributed by atoms with Gasteiger partial charge in [-0.3, -0.25) is 0 Å². The second kappa shape index (κ2) is 5.07. The first-order chi connectivity index (χ1) is 10.3. The maximum atomic E-state index is 12.4. The summed E-state index contributed by atoms with van der Waals surface area (Å²) in [7, 11) is 0. The van der Waals surface area contributed by atoms with Crippen LogP contribution < -0.4 is 10.6 Å². The van der Waals surface area contributed by atoms with E-state index in [4.69, 9.17) is 0 Å². The van der Waals surface area contributed by atoms with E-state index in [0.29, 0.717) is 5.56 Å². The molecule has 0 saturated heterocycles. The van der Waals surface area contributed by atoms with E-state index < -0.39 is 0 Å². The predicted octanol–water partition coefficient (Wildman–Crippen LogP) is 2.89. The fraction of sp³-hybridized carbons (Fsp3) is 0.133. The minimum atomic E-state index is -0.104. The molecule has 1 amide bonds. The minimum absolute atomic E-state index is 0.0948. The van der Waals surface area contributed by atoms with Crippen LogP contribution in [0.15, 0.2) is 44.3 Å². The van der Waals surface area contributed by atoms with Gasteiger partial charge < -0.3 is 0 Å². The molecule has 21 heavy (non-hydrogen) atoms. The second-order valence-electron chi connectivity index (χ2n) is 4.98. The third-order valence-electron chi connectivity index (χ3n) is 3.63. The van der Waals surface area contributed by atoms with Gasteiger partial charge in [-0.25, -0.2) is 0 Å². The van der Waals surface area contributed by atoms with Crippen molar-refractivity contribution in [2.45, 2.75) is 13.1 Å². The van der Waals surface area contributed by atoms with Crippen LogP contribution in [0, 0.1) is 0 Å². The Kier molecular flexibility index (Phi) is 3.07. The molecule has 0 spiro atoms. The Morgan fingerprint density at radius 3 is 3.00 bits per heavy atom. The van der Waals surface area contributed by atoms with Gasteiger partial charge in [0.05, 0.1) is 0 Å². The number of carbonyl (C=O) groups excluding carboxylic acids is 1. The number of nitrogens with one attached hydrogen (secondary N) is 2. The van der Waals surface area contributed by atoms with Crippen molar-refractivity contribution >= 4 is 37.5 Å². The molecule has 0 aliphatic carbocycles. The molecule has 2 aromatic carbocycles. The molecule has 2 aliphatic heterocycles. The third kappa shape index (κ3) is 2.27. The van der Waals surface area contributed by atoms with Gasteiger partial charge in [0.1, 0.15) is 0 Å². The van der Waals surface area contributed by atoms with Crippen LogP contribution in [0.2, 0.25) is 0 Å². The first-order valence-electron chi connectivity index (χ1n) is 6.66. The van der Waals surface area contributed by atoms with E-state index in [1.807, 2.05) is 36.4 Å². The Morgan fingerprint density at radius 2 is 2.05 bits per heavy atom. The molecule has 5 nitrogen and oxygen atoms in total.